The molecule has 15 heavy (non-hydrogen) atoms. The van der Waals surface area contributed by atoms with Crippen LogP contribution in [0.15, 0.2) is 29.1 Å². The SMILES string of the molecule is CC(C)Oc1n[nH]c(=O)c2ccccc12. The van der Waals surface area contributed by atoms with E-state index in [1.54, 1.807) is 6.07 Å². The van der Waals surface area contributed by atoms with Crippen molar-refractivity contribution in [2.24, 2.45) is 0 Å². The summed E-state index contributed by atoms with van der Waals surface area (Å²) in [6.45, 7) is 3.84. The molecule has 1 N–H and O–H groups in total. The first-order valence-corrected chi connectivity index (χ1v) is 4.82. The van der Waals surface area contributed by atoms with Crippen molar-refractivity contribution in [3.63, 3.8) is 0 Å². The van der Waals surface area contributed by atoms with E-state index in [2.05, 4.69) is 10.2 Å². The molecule has 0 amide bonds. The number of benzene rings is 1. The van der Waals surface area contributed by atoms with E-state index in [0.29, 0.717) is 11.3 Å². The molecule has 1 aromatic heterocycles. The monoisotopic (exact) mass is 204 g/mol. The number of aromatic nitrogens is 2. The average molecular weight is 204 g/mol. The summed E-state index contributed by atoms with van der Waals surface area (Å²) in [5, 5.41) is 7.65. The van der Waals surface area contributed by atoms with Gasteiger partial charge in [-0.3, -0.25) is 4.79 Å². The lowest BCUT2D eigenvalue weighted by Crippen LogP contribution is -2.13. The van der Waals surface area contributed by atoms with Crippen LogP contribution in [0.25, 0.3) is 10.8 Å². The zero-order valence-electron chi connectivity index (χ0n) is 8.65. The zero-order valence-corrected chi connectivity index (χ0v) is 8.65. The Labute approximate surface area is 86.9 Å². The number of nitrogens with zero attached hydrogens (tertiary/aromatic N) is 1. The second kappa shape index (κ2) is 3.73. The van der Waals surface area contributed by atoms with E-state index in [1.165, 1.54) is 0 Å². The van der Waals surface area contributed by atoms with Gasteiger partial charge in [0.05, 0.1) is 16.9 Å². The number of hydrogen-bond acceptors (Lipinski definition) is 3. The molecule has 0 atom stereocenters. The predicted octanol–water partition coefficient (Wildman–Crippen LogP) is 1.71. The minimum Gasteiger partial charge on any atom is -0.473 e. The number of ether oxygens (including phenoxy) is 1. The summed E-state index contributed by atoms with van der Waals surface area (Å²) in [4.78, 5) is 11.4. The maximum atomic E-state index is 11.4. The quantitative estimate of drug-likeness (QED) is 0.810. The van der Waals surface area contributed by atoms with Gasteiger partial charge in [0.1, 0.15) is 0 Å². The van der Waals surface area contributed by atoms with Crippen molar-refractivity contribution in [2.75, 3.05) is 0 Å². The van der Waals surface area contributed by atoms with Crippen LogP contribution in [-0.4, -0.2) is 16.3 Å². The van der Waals surface area contributed by atoms with Crippen LogP contribution < -0.4 is 10.3 Å². The number of rotatable bonds is 2. The molecule has 2 aromatic rings. The third-order valence-corrected chi connectivity index (χ3v) is 2.01. The fraction of sp³-hybridized carbons (Fsp3) is 0.273. The molecule has 1 aromatic carbocycles. The Morgan fingerprint density at radius 1 is 1.27 bits per heavy atom. The van der Waals surface area contributed by atoms with Crippen molar-refractivity contribution in [3.05, 3.63) is 34.6 Å². The van der Waals surface area contributed by atoms with E-state index in [1.807, 2.05) is 32.0 Å². The largest absolute Gasteiger partial charge is 0.473 e. The Morgan fingerprint density at radius 3 is 2.60 bits per heavy atom. The lowest BCUT2D eigenvalue weighted by molar-refractivity contribution is 0.233. The van der Waals surface area contributed by atoms with Crippen molar-refractivity contribution in [3.8, 4) is 5.88 Å². The van der Waals surface area contributed by atoms with Gasteiger partial charge in [-0.2, -0.15) is 0 Å². The van der Waals surface area contributed by atoms with Gasteiger partial charge in [0.25, 0.3) is 5.56 Å². The van der Waals surface area contributed by atoms with E-state index < -0.39 is 0 Å². The highest BCUT2D eigenvalue weighted by Crippen LogP contribution is 2.19. The van der Waals surface area contributed by atoms with Crippen LogP contribution in [0.4, 0.5) is 0 Å². The second-order valence-corrected chi connectivity index (χ2v) is 3.57. The lowest BCUT2D eigenvalue weighted by atomic mass is 10.2. The minimum absolute atomic E-state index is 0.0341. The van der Waals surface area contributed by atoms with E-state index in [9.17, 15) is 4.79 Å². The highest BCUT2D eigenvalue weighted by atomic mass is 16.5. The third kappa shape index (κ3) is 1.83. The molecule has 0 spiro atoms. The van der Waals surface area contributed by atoms with Gasteiger partial charge >= 0.3 is 0 Å². The molecule has 0 aliphatic rings. The molecule has 0 aliphatic heterocycles. The van der Waals surface area contributed by atoms with Gasteiger partial charge in [0.15, 0.2) is 0 Å². The van der Waals surface area contributed by atoms with E-state index in [-0.39, 0.29) is 11.7 Å². The van der Waals surface area contributed by atoms with Gasteiger partial charge in [-0.15, -0.1) is 5.10 Å². The number of H-pyrrole nitrogens is 1. The van der Waals surface area contributed by atoms with E-state index in [0.717, 1.165) is 5.39 Å². The van der Waals surface area contributed by atoms with Gasteiger partial charge in [0.2, 0.25) is 5.88 Å². The first kappa shape index (κ1) is 9.71. The van der Waals surface area contributed by atoms with Crippen molar-refractivity contribution < 1.29 is 4.74 Å². The molecule has 4 nitrogen and oxygen atoms in total. The van der Waals surface area contributed by atoms with Crippen LogP contribution in [0.5, 0.6) is 5.88 Å². The number of hydrogen-bond donors (Lipinski definition) is 1. The lowest BCUT2D eigenvalue weighted by Gasteiger charge is -2.09. The predicted molar refractivity (Wildman–Crippen MR) is 58.1 cm³/mol. The molecule has 4 heteroatoms. The second-order valence-electron chi connectivity index (χ2n) is 3.57. The molecule has 2 rings (SSSR count). The smallest absolute Gasteiger partial charge is 0.272 e. The molecular formula is C11H12N2O2. The van der Waals surface area contributed by atoms with Gasteiger partial charge in [0, 0.05) is 0 Å². The topological polar surface area (TPSA) is 55.0 Å². The molecule has 0 aliphatic carbocycles. The van der Waals surface area contributed by atoms with E-state index >= 15 is 0 Å². The molecule has 0 bridgehead atoms. The summed E-state index contributed by atoms with van der Waals surface area (Å²) < 4.78 is 5.50. The summed E-state index contributed by atoms with van der Waals surface area (Å²) >= 11 is 0. The molecular weight excluding hydrogens is 192 g/mol. The molecule has 0 unspecified atom stereocenters. The van der Waals surface area contributed by atoms with E-state index in [4.69, 9.17) is 4.74 Å². The normalized spacial score (nSPS) is 10.9. The van der Waals surface area contributed by atoms with Crippen molar-refractivity contribution in [1.82, 2.24) is 10.2 Å². The maximum absolute atomic E-state index is 11.4. The number of nitrogens with one attached hydrogen (secondary N) is 1. The molecule has 0 saturated heterocycles. The fourth-order valence-corrected chi connectivity index (χ4v) is 1.40. The van der Waals surface area contributed by atoms with Crippen LogP contribution in [0.3, 0.4) is 0 Å². The first-order valence-electron chi connectivity index (χ1n) is 4.82. The Balaban J connectivity index is 2.66. The molecule has 0 saturated carbocycles. The van der Waals surface area contributed by atoms with Gasteiger partial charge < -0.3 is 4.74 Å². The van der Waals surface area contributed by atoms with Crippen LogP contribution in [-0.2, 0) is 0 Å². The summed E-state index contributed by atoms with van der Waals surface area (Å²) in [6.07, 6.45) is 0.0341. The van der Waals surface area contributed by atoms with Crippen molar-refractivity contribution in [2.45, 2.75) is 20.0 Å². The van der Waals surface area contributed by atoms with Crippen molar-refractivity contribution >= 4 is 10.8 Å². The summed E-state index contributed by atoms with van der Waals surface area (Å²) in [5.74, 6) is 0.472. The molecule has 78 valence electrons. The summed E-state index contributed by atoms with van der Waals surface area (Å²) in [7, 11) is 0. The van der Waals surface area contributed by atoms with Crippen molar-refractivity contribution in [1.29, 1.82) is 0 Å². The van der Waals surface area contributed by atoms with Gasteiger partial charge in [-0.1, -0.05) is 12.1 Å². The van der Waals surface area contributed by atoms with Crippen LogP contribution >= 0.6 is 0 Å². The summed E-state index contributed by atoms with van der Waals surface area (Å²) in [5.41, 5.74) is -0.193. The molecule has 0 fully saturated rings. The highest BCUT2D eigenvalue weighted by Gasteiger charge is 2.07. The highest BCUT2D eigenvalue weighted by molar-refractivity contribution is 5.85. The molecule has 0 radical (unpaired) electrons. The Hall–Kier alpha value is -1.84. The zero-order chi connectivity index (χ0) is 10.8. The third-order valence-electron chi connectivity index (χ3n) is 2.01. The van der Waals surface area contributed by atoms with Crippen LogP contribution in [0.1, 0.15) is 13.8 Å². The Kier molecular flexibility index (Phi) is 2.41. The van der Waals surface area contributed by atoms with Gasteiger partial charge in [-0.25, -0.2) is 5.10 Å². The maximum Gasteiger partial charge on any atom is 0.272 e. The van der Waals surface area contributed by atoms with Gasteiger partial charge in [-0.05, 0) is 26.0 Å². The first-order chi connectivity index (χ1) is 7.18. The fourth-order valence-electron chi connectivity index (χ4n) is 1.40. The summed E-state index contributed by atoms with van der Waals surface area (Å²) in [6, 6.07) is 7.26. The molecule has 1 heterocycles. The van der Waals surface area contributed by atoms with Crippen LogP contribution in [0, 0.1) is 0 Å². The standard InChI is InChI=1S/C11H12N2O2/c1-7(2)15-11-9-6-4-3-5-8(9)10(14)12-13-11/h3-7H,1-2H3,(H,12,14). The Morgan fingerprint density at radius 2 is 1.93 bits per heavy atom. The minimum atomic E-state index is -0.193. The number of fused-ring (bicyclic) bond motifs is 1. The van der Waals surface area contributed by atoms with Crippen LogP contribution in [0.2, 0.25) is 0 Å². The number of aromatic amines is 1. The average Bonchev–Trinajstić information content (AvgIpc) is 2.22. The Bertz CT molecular complexity index is 531.